The summed E-state index contributed by atoms with van der Waals surface area (Å²) in [6.07, 6.45) is -2.08. The van der Waals surface area contributed by atoms with Crippen molar-refractivity contribution in [2.75, 3.05) is 18.0 Å². The standard InChI is InChI=1S/C16H21F3N4O3S/c1-15(2,11-4-7-23(8-5-11)13-6-9-26-21-13)27(24,25)14-10-12(16(17,18)19)20-22(14)3/h6,9-11H,4-5,7-8H2,1-3H3. The Hall–Kier alpha value is -2.04. The van der Waals surface area contributed by atoms with Crippen molar-refractivity contribution in [3.8, 4) is 0 Å². The molecule has 0 atom stereocenters. The number of aromatic nitrogens is 3. The van der Waals surface area contributed by atoms with Gasteiger partial charge in [-0.15, -0.1) is 0 Å². The van der Waals surface area contributed by atoms with Gasteiger partial charge in [0.05, 0.1) is 4.75 Å². The summed E-state index contributed by atoms with van der Waals surface area (Å²) in [7, 11) is -2.82. The molecule has 0 saturated carbocycles. The molecule has 27 heavy (non-hydrogen) atoms. The van der Waals surface area contributed by atoms with E-state index >= 15 is 0 Å². The molecule has 1 saturated heterocycles. The van der Waals surface area contributed by atoms with Crippen LogP contribution < -0.4 is 4.90 Å². The number of nitrogens with zero attached hydrogens (tertiary/aromatic N) is 4. The summed E-state index contributed by atoms with van der Waals surface area (Å²) in [5.41, 5.74) is -1.21. The van der Waals surface area contributed by atoms with Gasteiger partial charge in [0.15, 0.2) is 16.5 Å². The van der Waals surface area contributed by atoms with E-state index in [0.29, 0.717) is 37.8 Å². The van der Waals surface area contributed by atoms with Gasteiger partial charge in [0.2, 0.25) is 9.84 Å². The van der Waals surface area contributed by atoms with Crippen molar-refractivity contribution in [3.05, 3.63) is 24.1 Å². The number of piperidine rings is 1. The molecule has 2 aromatic heterocycles. The van der Waals surface area contributed by atoms with E-state index in [9.17, 15) is 21.6 Å². The second-order valence-electron chi connectivity index (χ2n) is 7.22. The lowest BCUT2D eigenvalue weighted by Crippen LogP contribution is -2.46. The van der Waals surface area contributed by atoms with Gasteiger partial charge in [-0.05, 0) is 32.6 Å². The van der Waals surface area contributed by atoms with Crippen LogP contribution in [0, 0.1) is 5.92 Å². The summed E-state index contributed by atoms with van der Waals surface area (Å²) in [4.78, 5) is 1.99. The first-order valence-electron chi connectivity index (χ1n) is 8.46. The first-order valence-corrected chi connectivity index (χ1v) is 9.94. The first kappa shape index (κ1) is 19.7. The van der Waals surface area contributed by atoms with Crippen LogP contribution in [-0.4, -0.2) is 41.2 Å². The molecular weight excluding hydrogens is 385 g/mol. The molecule has 0 spiro atoms. The molecule has 1 aliphatic heterocycles. The van der Waals surface area contributed by atoms with Gasteiger partial charge < -0.3 is 9.42 Å². The second kappa shape index (κ2) is 6.54. The zero-order valence-corrected chi connectivity index (χ0v) is 16.0. The molecule has 150 valence electrons. The summed E-state index contributed by atoms with van der Waals surface area (Å²) in [6, 6.07) is 2.35. The van der Waals surface area contributed by atoms with E-state index in [-0.39, 0.29) is 5.92 Å². The topological polar surface area (TPSA) is 81.2 Å². The molecule has 3 rings (SSSR count). The molecule has 3 heterocycles. The largest absolute Gasteiger partial charge is 0.435 e. The zero-order chi connectivity index (χ0) is 20.0. The van der Waals surface area contributed by atoms with E-state index in [1.165, 1.54) is 13.3 Å². The van der Waals surface area contributed by atoms with Gasteiger partial charge in [-0.3, -0.25) is 4.68 Å². The smallest absolute Gasteiger partial charge is 0.363 e. The van der Waals surface area contributed by atoms with Crippen molar-refractivity contribution in [1.29, 1.82) is 0 Å². The fourth-order valence-electron chi connectivity index (χ4n) is 3.50. The van der Waals surface area contributed by atoms with Gasteiger partial charge in [0.1, 0.15) is 6.26 Å². The molecule has 0 N–H and O–H groups in total. The van der Waals surface area contributed by atoms with E-state index < -0.39 is 31.5 Å². The molecule has 0 radical (unpaired) electrons. The highest BCUT2D eigenvalue weighted by Gasteiger charge is 2.46. The maximum absolute atomic E-state index is 13.2. The molecule has 1 fully saturated rings. The normalized spacial score (nSPS) is 17.5. The zero-order valence-electron chi connectivity index (χ0n) is 15.2. The van der Waals surface area contributed by atoms with Crippen molar-refractivity contribution in [2.24, 2.45) is 13.0 Å². The van der Waals surface area contributed by atoms with E-state index in [1.54, 1.807) is 19.9 Å². The number of hydrogen-bond donors (Lipinski definition) is 0. The van der Waals surface area contributed by atoms with Crippen LogP contribution in [-0.2, 0) is 23.1 Å². The minimum atomic E-state index is -4.70. The van der Waals surface area contributed by atoms with Gasteiger partial charge in [-0.25, -0.2) is 8.42 Å². The Labute approximate surface area is 155 Å². The van der Waals surface area contributed by atoms with Gasteiger partial charge in [-0.2, -0.15) is 18.3 Å². The van der Waals surface area contributed by atoms with E-state index in [2.05, 4.69) is 10.3 Å². The van der Waals surface area contributed by atoms with Crippen LogP contribution in [0.2, 0.25) is 0 Å². The lowest BCUT2D eigenvalue weighted by molar-refractivity contribution is -0.141. The van der Waals surface area contributed by atoms with Crippen molar-refractivity contribution >= 4 is 15.7 Å². The second-order valence-corrected chi connectivity index (χ2v) is 9.69. The lowest BCUT2D eigenvalue weighted by atomic mass is 9.86. The summed E-state index contributed by atoms with van der Waals surface area (Å²) in [5.74, 6) is 0.477. The number of hydrogen-bond acceptors (Lipinski definition) is 6. The maximum atomic E-state index is 13.2. The Morgan fingerprint density at radius 2 is 1.85 bits per heavy atom. The minimum Gasteiger partial charge on any atom is -0.363 e. The number of sulfone groups is 1. The van der Waals surface area contributed by atoms with Crippen LogP contribution in [0.4, 0.5) is 19.0 Å². The van der Waals surface area contributed by atoms with Gasteiger partial charge >= 0.3 is 6.18 Å². The molecular formula is C16H21F3N4O3S. The summed E-state index contributed by atoms with van der Waals surface area (Å²) >= 11 is 0. The Morgan fingerprint density at radius 1 is 1.22 bits per heavy atom. The van der Waals surface area contributed by atoms with Crippen molar-refractivity contribution in [3.63, 3.8) is 0 Å². The van der Waals surface area contributed by atoms with Crippen LogP contribution in [0.15, 0.2) is 27.9 Å². The van der Waals surface area contributed by atoms with Crippen LogP contribution in [0.25, 0.3) is 0 Å². The van der Waals surface area contributed by atoms with Crippen LogP contribution in [0.3, 0.4) is 0 Å². The molecule has 7 nitrogen and oxygen atoms in total. The molecule has 2 aromatic rings. The number of alkyl halides is 3. The van der Waals surface area contributed by atoms with Crippen molar-refractivity contribution in [1.82, 2.24) is 14.9 Å². The first-order chi connectivity index (χ1) is 12.4. The molecule has 11 heteroatoms. The molecule has 0 bridgehead atoms. The number of aryl methyl sites for hydroxylation is 1. The average Bonchev–Trinajstić information content (AvgIpc) is 3.24. The highest BCUT2D eigenvalue weighted by atomic mass is 32.2. The van der Waals surface area contributed by atoms with Gasteiger partial charge in [0, 0.05) is 32.3 Å². The summed E-state index contributed by atoms with van der Waals surface area (Å²) in [6.45, 7) is 4.32. The number of halogens is 3. The average molecular weight is 406 g/mol. The Balaban J connectivity index is 1.83. The highest BCUT2D eigenvalue weighted by molar-refractivity contribution is 7.92. The quantitative estimate of drug-likeness (QED) is 0.777. The van der Waals surface area contributed by atoms with Gasteiger partial charge in [0.25, 0.3) is 0 Å². The van der Waals surface area contributed by atoms with Crippen molar-refractivity contribution < 1.29 is 26.1 Å². The van der Waals surface area contributed by atoms with Crippen LogP contribution in [0.1, 0.15) is 32.4 Å². The molecule has 0 aromatic carbocycles. The molecule has 0 aliphatic carbocycles. The van der Waals surface area contributed by atoms with Crippen LogP contribution in [0.5, 0.6) is 0 Å². The fraction of sp³-hybridized carbons (Fsp3) is 0.625. The number of rotatable bonds is 4. The number of anilines is 1. The monoisotopic (exact) mass is 406 g/mol. The third-order valence-corrected chi connectivity index (χ3v) is 7.97. The fourth-order valence-corrected chi connectivity index (χ4v) is 5.37. The van der Waals surface area contributed by atoms with E-state index in [0.717, 1.165) is 4.68 Å². The SMILES string of the molecule is Cn1nc(C(F)(F)F)cc1S(=O)(=O)C(C)(C)C1CCN(c2ccon2)CC1. The van der Waals surface area contributed by atoms with E-state index in [1.807, 2.05) is 4.90 Å². The summed E-state index contributed by atoms with van der Waals surface area (Å²) < 4.78 is 69.4. The minimum absolute atomic E-state index is 0.213. The molecule has 0 amide bonds. The third-order valence-electron chi connectivity index (χ3n) is 5.32. The predicted molar refractivity (Wildman–Crippen MR) is 90.9 cm³/mol. The third kappa shape index (κ3) is 3.44. The van der Waals surface area contributed by atoms with E-state index in [4.69, 9.17) is 4.52 Å². The predicted octanol–water partition coefficient (Wildman–Crippen LogP) is 2.90. The van der Waals surface area contributed by atoms with Crippen LogP contribution >= 0.6 is 0 Å². The summed E-state index contributed by atoms with van der Waals surface area (Å²) in [5, 5.41) is 6.80. The molecule has 1 aliphatic rings. The Bertz CT molecular complexity index is 896. The molecule has 0 unspecified atom stereocenters. The Kier molecular flexibility index (Phi) is 4.77. The Morgan fingerprint density at radius 3 is 2.33 bits per heavy atom. The lowest BCUT2D eigenvalue weighted by Gasteiger charge is -2.40. The maximum Gasteiger partial charge on any atom is 0.435 e. The highest BCUT2D eigenvalue weighted by Crippen LogP contribution is 2.39. The van der Waals surface area contributed by atoms with Crippen molar-refractivity contribution in [2.45, 2.75) is 42.6 Å². The van der Waals surface area contributed by atoms with Gasteiger partial charge in [-0.1, -0.05) is 5.16 Å².